The van der Waals surface area contributed by atoms with Crippen molar-refractivity contribution in [2.75, 3.05) is 26.4 Å². The first-order valence-corrected chi connectivity index (χ1v) is 8.43. The Morgan fingerprint density at radius 1 is 1.35 bits per heavy atom. The van der Waals surface area contributed by atoms with Crippen LogP contribution in [0.2, 0.25) is 0 Å². The molecule has 0 spiro atoms. The van der Waals surface area contributed by atoms with E-state index in [2.05, 4.69) is 9.97 Å². The fourth-order valence-corrected chi connectivity index (χ4v) is 3.41. The zero-order valence-electron chi connectivity index (χ0n) is 14.7. The molecule has 8 nitrogen and oxygen atoms in total. The molecule has 1 aromatic carbocycles. The molecule has 3 aromatic rings. The minimum absolute atomic E-state index is 0.179. The van der Waals surface area contributed by atoms with E-state index in [-0.39, 0.29) is 17.6 Å². The van der Waals surface area contributed by atoms with Gasteiger partial charge in [-0.2, -0.15) is 5.10 Å². The molecular weight excluding hydrogens is 332 g/mol. The maximum absolute atomic E-state index is 11.8. The molecule has 1 amide bonds. The van der Waals surface area contributed by atoms with Crippen molar-refractivity contribution in [2.24, 2.45) is 5.92 Å². The van der Waals surface area contributed by atoms with Crippen LogP contribution in [0.15, 0.2) is 30.5 Å². The topological polar surface area (TPSA) is 99.2 Å². The highest BCUT2D eigenvalue weighted by molar-refractivity contribution is 5.91. The fraction of sp³-hybridized carbons (Fsp3) is 0.333. The van der Waals surface area contributed by atoms with Crippen LogP contribution < -0.4 is 10.5 Å². The number of nitrogen functional groups attached to an aromatic ring is 1. The van der Waals surface area contributed by atoms with Crippen molar-refractivity contribution in [3.63, 3.8) is 0 Å². The van der Waals surface area contributed by atoms with E-state index in [1.807, 2.05) is 36.0 Å². The average molecular weight is 352 g/mol. The number of likely N-dealkylation sites (tertiary alicyclic amines) is 1. The zero-order valence-corrected chi connectivity index (χ0v) is 14.7. The number of aromatic nitrogens is 4. The summed E-state index contributed by atoms with van der Waals surface area (Å²) in [6.45, 7) is 1.41. The number of carbonyl (C=O) groups excluding carboxylic acids is 1. The Morgan fingerprint density at radius 2 is 2.15 bits per heavy atom. The van der Waals surface area contributed by atoms with Gasteiger partial charge in [0.25, 0.3) is 0 Å². The third-order valence-electron chi connectivity index (χ3n) is 4.72. The molecular formula is C18H20N6O2. The number of nitrogens with zero attached hydrogens (tertiary/aromatic N) is 5. The highest BCUT2D eigenvalue weighted by Crippen LogP contribution is 2.29. The molecule has 0 radical (unpaired) electrons. The number of fused-ring (bicyclic) bond motifs is 1. The number of nitrogens with two attached hydrogens (primary N) is 1. The Kier molecular flexibility index (Phi) is 3.95. The molecule has 1 unspecified atom stereocenters. The van der Waals surface area contributed by atoms with E-state index in [0.29, 0.717) is 30.2 Å². The molecule has 8 heteroatoms. The molecule has 0 bridgehead atoms. The second-order valence-corrected chi connectivity index (χ2v) is 6.54. The summed E-state index contributed by atoms with van der Waals surface area (Å²) in [6, 6.07) is 7.93. The van der Waals surface area contributed by atoms with Gasteiger partial charge in [-0.15, -0.1) is 0 Å². The Labute approximate surface area is 150 Å². The SMILES string of the molecule is COc1cnc(-c2nn(CC3CC(=O)N(C)C3)c3ccccc23)nc1N. The second-order valence-electron chi connectivity index (χ2n) is 6.54. The molecule has 4 rings (SSSR count). The number of methoxy groups -OCH3 is 1. The summed E-state index contributed by atoms with van der Waals surface area (Å²) in [5, 5.41) is 5.69. The normalized spacial score (nSPS) is 17.2. The Bertz CT molecular complexity index is 983. The highest BCUT2D eigenvalue weighted by Gasteiger charge is 2.28. The molecule has 134 valence electrons. The molecule has 3 heterocycles. The number of anilines is 1. The van der Waals surface area contributed by atoms with Crippen LogP contribution in [0.5, 0.6) is 5.75 Å². The van der Waals surface area contributed by atoms with Crippen LogP contribution in [0.1, 0.15) is 6.42 Å². The van der Waals surface area contributed by atoms with Gasteiger partial charge in [0.1, 0.15) is 5.69 Å². The monoisotopic (exact) mass is 352 g/mol. The minimum Gasteiger partial charge on any atom is -0.491 e. The van der Waals surface area contributed by atoms with Gasteiger partial charge in [-0.1, -0.05) is 18.2 Å². The van der Waals surface area contributed by atoms with Crippen molar-refractivity contribution in [1.82, 2.24) is 24.6 Å². The van der Waals surface area contributed by atoms with Crippen molar-refractivity contribution in [3.8, 4) is 17.3 Å². The fourth-order valence-electron chi connectivity index (χ4n) is 3.41. The quantitative estimate of drug-likeness (QED) is 0.765. The molecule has 1 aliphatic heterocycles. The molecule has 26 heavy (non-hydrogen) atoms. The Hall–Kier alpha value is -3.16. The van der Waals surface area contributed by atoms with Crippen molar-refractivity contribution in [1.29, 1.82) is 0 Å². The number of hydrogen-bond donors (Lipinski definition) is 1. The van der Waals surface area contributed by atoms with Crippen molar-refractivity contribution < 1.29 is 9.53 Å². The van der Waals surface area contributed by atoms with E-state index in [1.165, 1.54) is 7.11 Å². The molecule has 0 aliphatic carbocycles. The first-order valence-electron chi connectivity index (χ1n) is 8.43. The lowest BCUT2D eigenvalue weighted by Gasteiger charge is -2.11. The van der Waals surface area contributed by atoms with Gasteiger partial charge >= 0.3 is 0 Å². The molecule has 1 fully saturated rings. The number of benzene rings is 1. The van der Waals surface area contributed by atoms with Crippen LogP contribution in [-0.4, -0.2) is 51.3 Å². The average Bonchev–Trinajstić information content (AvgIpc) is 3.15. The summed E-state index contributed by atoms with van der Waals surface area (Å²) in [5.74, 6) is 1.59. The summed E-state index contributed by atoms with van der Waals surface area (Å²) in [5.41, 5.74) is 7.59. The van der Waals surface area contributed by atoms with Crippen LogP contribution >= 0.6 is 0 Å². The van der Waals surface area contributed by atoms with E-state index in [4.69, 9.17) is 15.6 Å². The standard InChI is InChI=1S/C18H20N6O2/c1-23-9-11(7-15(23)25)10-24-13-6-4-3-5-12(13)16(22-24)18-20-8-14(26-2)17(19)21-18/h3-6,8,11H,7,9-10H2,1-2H3,(H2,19,20,21). The van der Waals surface area contributed by atoms with E-state index in [0.717, 1.165) is 17.4 Å². The summed E-state index contributed by atoms with van der Waals surface area (Å²) in [7, 11) is 3.36. The molecule has 2 aromatic heterocycles. The van der Waals surface area contributed by atoms with Gasteiger partial charge in [-0.05, 0) is 6.07 Å². The summed E-state index contributed by atoms with van der Waals surface area (Å²) in [4.78, 5) is 22.3. The van der Waals surface area contributed by atoms with E-state index in [9.17, 15) is 4.79 Å². The number of rotatable bonds is 4. The van der Waals surface area contributed by atoms with Crippen molar-refractivity contribution in [2.45, 2.75) is 13.0 Å². The van der Waals surface area contributed by atoms with Gasteiger partial charge < -0.3 is 15.4 Å². The summed E-state index contributed by atoms with van der Waals surface area (Å²) >= 11 is 0. The van der Waals surface area contributed by atoms with Crippen molar-refractivity contribution >= 4 is 22.6 Å². The lowest BCUT2D eigenvalue weighted by Crippen LogP contribution is -2.20. The number of amides is 1. The second kappa shape index (κ2) is 6.29. The third-order valence-corrected chi connectivity index (χ3v) is 4.72. The van der Waals surface area contributed by atoms with Crippen molar-refractivity contribution in [3.05, 3.63) is 30.5 Å². The lowest BCUT2D eigenvalue weighted by molar-refractivity contribution is -0.126. The van der Waals surface area contributed by atoms with Gasteiger partial charge in [-0.25, -0.2) is 9.97 Å². The molecule has 1 saturated heterocycles. The maximum Gasteiger partial charge on any atom is 0.222 e. The smallest absolute Gasteiger partial charge is 0.222 e. The predicted molar refractivity (Wildman–Crippen MR) is 97.5 cm³/mol. The Morgan fingerprint density at radius 3 is 2.85 bits per heavy atom. The zero-order chi connectivity index (χ0) is 18.3. The van der Waals surface area contributed by atoms with Gasteiger partial charge in [0.2, 0.25) is 5.91 Å². The lowest BCUT2D eigenvalue weighted by atomic mass is 10.1. The third kappa shape index (κ3) is 2.73. The first-order chi connectivity index (χ1) is 12.6. The van der Waals surface area contributed by atoms with E-state index >= 15 is 0 Å². The summed E-state index contributed by atoms with van der Waals surface area (Å²) in [6.07, 6.45) is 2.10. The largest absolute Gasteiger partial charge is 0.491 e. The first kappa shape index (κ1) is 16.3. The molecule has 1 aliphatic rings. The number of para-hydroxylation sites is 1. The van der Waals surface area contributed by atoms with Crippen LogP contribution in [0.3, 0.4) is 0 Å². The molecule has 1 atom stereocenters. The molecule has 0 saturated carbocycles. The summed E-state index contributed by atoms with van der Waals surface area (Å²) < 4.78 is 7.06. The maximum atomic E-state index is 11.8. The molecule has 2 N–H and O–H groups in total. The van der Waals surface area contributed by atoms with E-state index in [1.54, 1.807) is 11.1 Å². The number of carbonyl (C=O) groups is 1. The Balaban J connectivity index is 1.75. The van der Waals surface area contributed by atoms with Crippen LogP contribution in [-0.2, 0) is 11.3 Å². The van der Waals surface area contributed by atoms with Crippen LogP contribution in [0.25, 0.3) is 22.4 Å². The minimum atomic E-state index is 0.179. The van der Waals surface area contributed by atoms with Gasteiger partial charge in [0, 0.05) is 37.9 Å². The van der Waals surface area contributed by atoms with Crippen LogP contribution in [0, 0.1) is 5.92 Å². The van der Waals surface area contributed by atoms with Gasteiger partial charge in [0.15, 0.2) is 17.4 Å². The highest BCUT2D eigenvalue weighted by atomic mass is 16.5. The predicted octanol–water partition coefficient (Wildman–Crippen LogP) is 1.56. The van der Waals surface area contributed by atoms with Gasteiger partial charge in [-0.3, -0.25) is 9.48 Å². The van der Waals surface area contributed by atoms with Crippen LogP contribution in [0.4, 0.5) is 5.82 Å². The van der Waals surface area contributed by atoms with Gasteiger partial charge in [0.05, 0.1) is 18.8 Å². The number of hydrogen-bond acceptors (Lipinski definition) is 6. The van der Waals surface area contributed by atoms with E-state index < -0.39 is 0 Å². The number of ether oxygens (including phenoxy) is 1.